The highest BCUT2D eigenvalue weighted by molar-refractivity contribution is 5.86. The fourth-order valence-electron chi connectivity index (χ4n) is 3.07. The molecular weight excluding hydrogens is 234 g/mol. The van der Waals surface area contributed by atoms with Crippen LogP contribution in [0.25, 0.3) is 0 Å². The monoisotopic (exact) mass is 251 g/mol. The van der Waals surface area contributed by atoms with Crippen molar-refractivity contribution in [3.8, 4) is 0 Å². The SMILES string of the molecule is O=C(O)c1occc1CN1CCOC2CCCC21. The standard InChI is InChI=1S/C13H17NO4/c15-13(16)12-9(4-6-18-12)8-14-5-7-17-11-3-1-2-10(11)14/h4,6,10-11H,1-3,5,7-8H2,(H,15,16). The van der Waals surface area contributed by atoms with E-state index < -0.39 is 5.97 Å². The summed E-state index contributed by atoms with van der Waals surface area (Å²) in [5.74, 6) is -0.928. The van der Waals surface area contributed by atoms with E-state index in [0.717, 1.165) is 31.6 Å². The van der Waals surface area contributed by atoms with Crippen molar-refractivity contribution in [2.24, 2.45) is 0 Å². The molecule has 0 aromatic carbocycles. The van der Waals surface area contributed by atoms with Crippen LogP contribution in [-0.4, -0.2) is 41.3 Å². The third kappa shape index (κ3) is 2.04. The molecule has 0 amide bonds. The van der Waals surface area contributed by atoms with Crippen molar-refractivity contribution in [1.82, 2.24) is 4.90 Å². The van der Waals surface area contributed by atoms with Crippen LogP contribution in [0.3, 0.4) is 0 Å². The number of aromatic carboxylic acids is 1. The fraction of sp³-hybridized carbons (Fsp3) is 0.615. The number of furan rings is 1. The van der Waals surface area contributed by atoms with E-state index in [1.807, 2.05) is 0 Å². The molecule has 2 unspecified atom stereocenters. The van der Waals surface area contributed by atoms with Gasteiger partial charge in [0.1, 0.15) is 0 Å². The van der Waals surface area contributed by atoms with E-state index in [0.29, 0.717) is 18.7 Å². The molecule has 18 heavy (non-hydrogen) atoms. The molecule has 0 bridgehead atoms. The largest absolute Gasteiger partial charge is 0.475 e. The van der Waals surface area contributed by atoms with E-state index in [1.165, 1.54) is 12.7 Å². The summed E-state index contributed by atoms with van der Waals surface area (Å²) in [5, 5.41) is 9.03. The van der Waals surface area contributed by atoms with Gasteiger partial charge >= 0.3 is 5.97 Å². The Bertz CT molecular complexity index is 442. The van der Waals surface area contributed by atoms with Crippen molar-refractivity contribution in [3.63, 3.8) is 0 Å². The lowest BCUT2D eigenvalue weighted by atomic mass is 10.1. The predicted molar refractivity (Wildman–Crippen MR) is 63.5 cm³/mol. The molecule has 2 fully saturated rings. The molecule has 1 aliphatic heterocycles. The number of morpholine rings is 1. The Kier molecular flexibility index (Phi) is 3.09. The van der Waals surface area contributed by atoms with Crippen molar-refractivity contribution in [3.05, 3.63) is 23.7 Å². The van der Waals surface area contributed by atoms with E-state index in [9.17, 15) is 4.79 Å². The second-order valence-electron chi connectivity index (χ2n) is 4.96. The van der Waals surface area contributed by atoms with Crippen LogP contribution in [0, 0.1) is 0 Å². The molecule has 0 radical (unpaired) electrons. The van der Waals surface area contributed by atoms with E-state index >= 15 is 0 Å². The van der Waals surface area contributed by atoms with Gasteiger partial charge in [0.2, 0.25) is 5.76 Å². The highest BCUT2D eigenvalue weighted by Crippen LogP contribution is 2.31. The van der Waals surface area contributed by atoms with Gasteiger partial charge in [0.25, 0.3) is 0 Å². The molecule has 1 aromatic heterocycles. The number of hydrogen-bond acceptors (Lipinski definition) is 4. The summed E-state index contributed by atoms with van der Waals surface area (Å²) in [7, 11) is 0. The molecule has 2 aliphatic rings. The van der Waals surface area contributed by atoms with Gasteiger partial charge in [0.05, 0.1) is 19.0 Å². The van der Waals surface area contributed by atoms with E-state index in [-0.39, 0.29) is 5.76 Å². The average Bonchev–Trinajstić information content (AvgIpc) is 2.96. The van der Waals surface area contributed by atoms with Crippen LogP contribution < -0.4 is 0 Å². The van der Waals surface area contributed by atoms with Crippen molar-refractivity contribution in [2.75, 3.05) is 13.2 Å². The summed E-state index contributed by atoms with van der Waals surface area (Å²) >= 11 is 0. The first-order valence-electron chi connectivity index (χ1n) is 6.41. The maximum Gasteiger partial charge on any atom is 0.372 e. The third-order valence-corrected chi connectivity index (χ3v) is 3.91. The topological polar surface area (TPSA) is 62.9 Å². The van der Waals surface area contributed by atoms with Crippen molar-refractivity contribution >= 4 is 5.97 Å². The maximum atomic E-state index is 11.0. The number of carbonyl (C=O) groups is 1. The predicted octanol–water partition coefficient (Wildman–Crippen LogP) is 1.73. The zero-order valence-corrected chi connectivity index (χ0v) is 10.2. The van der Waals surface area contributed by atoms with E-state index in [4.69, 9.17) is 14.3 Å². The molecule has 1 saturated heterocycles. The van der Waals surface area contributed by atoms with Gasteiger partial charge in [-0.1, -0.05) is 0 Å². The Morgan fingerprint density at radius 2 is 2.39 bits per heavy atom. The van der Waals surface area contributed by atoms with E-state index in [2.05, 4.69) is 4.90 Å². The molecule has 98 valence electrons. The minimum Gasteiger partial charge on any atom is -0.475 e. The maximum absolute atomic E-state index is 11.0. The third-order valence-electron chi connectivity index (χ3n) is 3.91. The normalized spacial score (nSPS) is 28.2. The Hall–Kier alpha value is -1.33. The van der Waals surface area contributed by atoms with Crippen molar-refractivity contribution in [2.45, 2.75) is 38.0 Å². The minimum absolute atomic E-state index is 0.0658. The van der Waals surface area contributed by atoms with Gasteiger partial charge in [-0.05, 0) is 25.3 Å². The lowest BCUT2D eigenvalue weighted by molar-refractivity contribution is -0.0589. The van der Waals surface area contributed by atoms with Crippen LogP contribution in [0.5, 0.6) is 0 Å². The molecule has 1 saturated carbocycles. The number of ether oxygens (including phenoxy) is 1. The second-order valence-corrected chi connectivity index (χ2v) is 4.96. The fourth-order valence-corrected chi connectivity index (χ4v) is 3.07. The van der Waals surface area contributed by atoms with Gasteiger partial charge in [0.15, 0.2) is 0 Å². The van der Waals surface area contributed by atoms with Crippen molar-refractivity contribution < 1.29 is 19.1 Å². The number of carboxylic acid groups (broad SMARTS) is 1. The van der Waals surface area contributed by atoms with Crippen LogP contribution in [0.1, 0.15) is 35.4 Å². The molecule has 5 heteroatoms. The minimum atomic E-state index is -0.994. The van der Waals surface area contributed by atoms with Gasteiger partial charge in [0, 0.05) is 24.7 Å². The molecule has 1 N–H and O–H groups in total. The van der Waals surface area contributed by atoms with Gasteiger partial charge in [-0.25, -0.2) is 4.79 Å². The Balaban J connectivity index is 1.75. The number of hydrogen-bond donors (Lipinski definition) is 1. The number of carboxylic acids is 1. The molecule has 1 aromatic rings. The summed E-state index contributed by atoms with van der Waals surface area (Å²) in [6, 6.07) is 2.19. The van der Waals surface area contributed by atoms with Crippen LogP contribution in [0.2, 0.25) is 0 Å². The summed E-state index contributed by atoms with van der Waals surface area (Å²) in [6.45, 7) is 2.25. The zero-order valence-electron chi connectivity index (χ0n) is 10.2. The lowest BCUT2D eigenvalue weighted by Crippen LogP contribution is -2.47. The summed E-state index contributed by atoms with van der Waals surface area (Å²) < 4.78 is 10.8. The van der Waals surface area contributed by atoms with Gasteiger partial charge in [-0.15, -0.1) is 0 Å². The summed E-state index contributed by atoms with van der Waals surface area (Å²) in [5.41, 5.74) is 0.759. The first kappa shape index (κ1) is 11.7. The number of rotatable bonds is 3. The number of fused-ring (bicyclic) bond motifs is 1. The molecular formula is C13H17NO4. The molecule has 3 rings (SSSR count). The Morgan fingerprint density at radius 1 is 1.50 bits per heavy atom. The van der Waals surface area contributed by atoms with Crippen molar-refractivity contribution in [1.29, 1.82) is 0 Å². The van der Waals surface area contributed by atoms with Crippen LogP contribution in [0.15, 0.2) is 16.7 Å². The second kappa shape index (κ2) is 4.74. The lowest BCUT2D eigenvalue weighted by Gasteiger charge is -2.37. The summed E-state index contributed by atoms with van der Waals surface area (Å²) in [4.78, 5) is 13.3. The zero-order chi connectivity index (χ0) is 12.5. The van der Waals surface area contributed by atoms with Crippen LogP contribution >= 0.6 is 0 Å². The average molecular weight is 251 g/mol. The molecule has 5 nitrogen and oxygen atoms in total. The van der Waals surface area contributed by atoms with Gasteiger partial charge in [-0.2, -0.15) is 0 Å². The molecule has 2 heterocycles. The number of nitrogens with zero attached hydrogens (tertiary/aromatic N) is 1. The first-order valence-corrected chi connectivity index (χ1v) is 6.41. The molecule has 0 spiro atoms. The van der Waals surface area contributed by atoms with E-state index in [1.54, 1.807) is 6.07 Å². The summed E-state index contributed by atoms with van der Waals surface area (Å²) in [6.07, 6.45) is 5.25. The Morgan fingerprint density at radius 3 is 3.22 bits per heavy atom. The van der Waals surface area contributed by atoms with Gasteiger partial charge in [-0.3, -0.25) is 4.90 Å². The van der Waals surface area contributed by atoms with Gasteiger partial charge < -0.3 is 14.3 Å². The van der Waals surface area contributed by atoms with Crippen LogP contribution in [-0.2, 0) is 11.3 Å². The molecule has 1 aliphatic carbocycles. The smallest absolute Gasteiger partial charge is 0.372 e. The highest BCUT2D eigenvalue weighted by atomic mass is 16.5. The highest BCUT2D eigenvalue weighted by Gasteiger charge is 2.36. The van der Waals surface area contributed by atoms with Crippen LogP contribution in [0.4, 0.5) is 0 Å². The molecule has 2 atom stereocenters. The quantitative estimate of drug-likeness (QED) is 0.886. The Labute approximate surface area is 105 Å². The first-order chi connectivity index (χ1) is 8.75.